The smallest absolute Gasteiger partial charge is 0.275 e. The maximum absolute atomic E-state index is 12.0. The van der Waals surface area contributed by atoms with E-state index in [4.69, 9.17) is 0 Å². The van der Waals surface area contributed by atoms with E-state index in [0.717, 1.165) is 5.56 Å². The summed E-state index contributed by atoms with van der Waals surface area (Å²) in [6.45, 7) is 3.19. The van der Waals surface area contributed by atoms with Gasteiger partial charge in [0.05, 0.1) is 11.3 Å². The van der Waals surface area contributed by atoms with E-state index < -0.39 is 5.91 Å². The van der Waals surface area contributed by atoms with E-state index in [0.29, 0.717) is 11.4 Å². The maximum Gasteiger partial charge on any atom is 0.275 e. The molecule has 0 spiro atoms. The van der Waals surface area contributed by atoms with E-state index in [9.17, 15) is 14.7 Å². The third-order valence-electron chi connectivity index (χ3n) is 3.10. The summed E-state index contributed by atoms with van der Waals surface area (Å²) in [5, 5.41) is 16.3. The molecule has 0 aromatic heterocycles. The maximum atomic E-state index is 12.0. The number of anilines is 1. The first-order valence-electron chi connectivity index (χ1n) is 6.98. The SMILES string of the molecule is CC(=O)Nc1ccc(/C(C)=N/NC(=O)c2ccccc2O)cc1. The summed E-state index contributed by atoms with van der Waals surface area (Å²) in [4.78, 5) is 22.9. The number of amides is 2. The van der Waals surface area contributed by atoms with Crippen LogP contribution in [-0.4, -0.2) is 22.6 Å². The summed E-state index contributed by atoms with van der Waals surface area (Å²) in [5.41, 5.74) is 4.65. The van der Waals surface area contributed by atoms with Crippen LogP contribution in [0.5, 0.6) is 5.75 Å². The van der Waals surface area contributed by atoms with Crippen LogP contribution in [0.4, 0.5) is 5.69 Å². The van der Waals surface area contributed by atoms with Crippen LogP contribution in [0, 0.1) is 0 Å². The first kappa shape index (κ1) is 16.2. The fourth-order valence-corrected chi connectivity index (χ4v) is 1.92. The third-order valence-corrected chi connectivity index (χ3v) is 3.10. The lowest BCUT2D eigenvalue weighted by molar-refractivity contribution is -0.114. The van der Waals surface area contributed by atoms with Crippen LogP contribution in [0.25, 0.3) is 0 Å². The fourth-order valence-electron chi connectivity index (χ4n) is 1.92. The van der Waals surface area contributed by atoms with Crippen molar-refractivity contribution in [3.63, 3.8) is 0 Å². The number of carbonyl (C=O) groups is 2. The summed E-state index contributed by atoms with van der Waals surface area (Å²) < 4.78 is 0. The number of hydrazone groups is 1. The minimum absolute atomic E-state index is 0.0995. The second kappa shape index (κ2) is 7.22. The summed E-state index contributed by atoms with van der Waals surface area (Å²) >= 11 is 0. The summed E-state index contributed by atoms with van der Waals surface area (Å²) in [6, 6.07) is 13.3. The van der Waals surface area contributed by atoms with Crippen molar-refractivity contribution in [1.29, 1.82) is 0 Å². The van der Waals surface area contributed by atoms with Gasteiger partial charge in [0.1, 0.15) is 5.75 Å². The predicted octanol–water partition coefficient (Wildman–Crippen LogP) is 2.50. The molecule has 0 saturated carbocycles. The number of nitrogens with zero attached hydrogens (tertiary/aromatic N) is 1. The van der Waals surface area contributed by atoms with Gasteiger partial charge in [-0.2, -0.15) is 5.10 Å². The molecule has 0 bridgehead atoms. The normalized spacial score (nSPS) is 11.0. The predicted molar refractivity (Wildman–Crippen MR) is 88.5 cm³/mol. The molecule has 118 valence electrons. The zero-order valence-electron chi connectivity index (χ0n) is 12.8. The molecule has 2 rings (SSSR count). The zero-order chi connectivity index (χ0) is 16.8. The van der Waals surface area contributed by atoms with E-state index in [1.807, 2.05) is 0 Å². The Kier molecular flexibility index (Phi) is 5.09. The van der Waals surface area contributed by atoms with E-state index in [-0.39, 0.29) is 17.2 Å². The zero-order valence-corrected chi connectivity index (χ0v) is 12.8. The van der Waals surface area contributed by atoms with Gasteiger partial charge < -0.3 is 10.4 Å². The van der Waals surface area contributed by atoms with Crippen LogP contribution in [0.3, 0.4) is 0 Å². The fraction of sp³-hybridized carbons (Fsp3) is 0.118. The van der Waals surface area contributed by atoms with Crippen molar-refractivity contribution in [2.45, 2.75) is 13.8 Å². The molecule has 23 heavy (non-hydrogen) atoms. The van der Waals surface area contributed by atoms with Crippen LogP contribution in [0.15, 0.2) is 53.6 Å². The lowest BCUT2D eigenvalue weighted by Crippen LogP contribution is -2.19. The molecular weight excluding hydrogens is 294 g/mol. The molecule has 6 heteroatoms. The summed E-state index contributed by atoms with van der Waals surface area (Å²) in [7, 11) is 0. The molecular formula is C17H17N3O3. The van der Waals surface area contributed by atoms with E-state index >= 15 is 0 Å². The number of nitrogens with one attached hydrogen (secondary N) is 2. The van der Waals surface area contributed by atoms with Gasteiger partial charge in [-0.05, 0) is 36.8 Å². The van der Waals surface area contributed by atoms with Crippen LogP contribution in [-0.2, 0) is 4.79 Å². The molecule has 0 unspecified atom stereocenters. The average molecular weight is 311 g/mol. The average Bonchev–Trinajstić information content (AvgIpc) is 2.53. The van der Waals surface area contributed by atoms with Gasteiger partial charge >= 0.3 is 0 Å². The van der Waals surface area contributed by atoms with Crippen molar-refractivity contribution in [3.8, 4) is 5.75 Å². The topological polar surface area (TPSA) is 90.8 Å². The highest BCUT2D eigenvalue weighted by Crippen LogP contribution is 2.15. The first-order valence-corrected chi connectivity index (χ1v) is 6.98. The van der Waals surface area contributed by atoms with Gasteiger partial charge in [0, 0.05) is 12.6 Å². The summed E-state index contributed by atoms with van der Waals surface area (Å²) in [5.74, 6) is -0.729. The highest BCUT2D eigenvalue weighted by atomic mass is 16.3. The van der Waals surface area contributed by atoms with Gasteiger partial charge in [0.25, 0.3) is 5.91 Å². The molecule has 0 aliphatic rings. The second-order valence-electron chi connectivity index (χ2n) is 4.91. The van der Waals surface area contributed by atoms with Crippen molar-refractivity contribution in [1.82, 2.24) is 5.43 Å². The van der Waals surface area contributed by atoms with Gasteiger partial charge in [-0.3, -0.25) is 9.59 Å². The van der Waals surface area contributed by atoms with Gasteiger partial charge in [-0.1, -0.05) is 24.3 Å². The lowest BCUT2D eigenvalue weighted by Gasteiger charge is -2.06. The molecule has 6 nitrogen and oxygen atoms in total. The standard InChI is InChI=1S/C17H17N3O3/c1-11(13-7-9-14(10-8-13)18-12(2)21)19-20-17(23)15-5-3-4-6-16(15)22/h3-10,22H,1-2H3,(H,18,21)(H,20,23)/b19-11+. The molecule has 0 aliphatic heterocycles. The Morgan fingerprint density at radius 2 is 1.65 bits per heavy atom. The molecule has 0 heterocycles. The van der Waals surface area contributed by atoms with Crippen molar-refractivity contribution in [2.75, 3.05) is 5.32 Å². The van der Waals surface area contributed by atoms with Crippen molar-refractivity contribution < 1.29 is 14.7 Å². The van der Waals surface area contributed by atoms with Crippen LogP contribution in [0.1, 0.15) is 29.8 Å². The molecule has 0 atom stereocenters. The van der Waals surface area contributed by atoms with Crippen LogP contribution in [0.2, 0.25) is 0 Å². The van der Waals surface area contributed by atoms with Gasteiger partial charge in [-0.25, -0.2) is 5.43 Å². The van der Waals surface area contributed by atoms with Crippen molar-refractivity contribution >= 4 is 23.2 Å². The number of hydrogen-bond donors (Lipinski definition) is 3. The second-order valence-corrected chi connectivity index (χ2v) is 4.91. The number of carbonyl (C=O) groups excluding carboxylic acids is 2. The Morgan fingerprint density at radius 3 is 2.26 bits per heavy atom. The van der Waals surface area contributed by atoms with Gasteiger partial charge in [-0.15, -0.1) is 0 Å². The highest BCUT2D eigenvalue weighted by Gasteiger charge is 2.09. The number of aromatic hydroxyl groups is 1. The third kappa shape index (κ3) is 4.41. The Hall–Kier alpha value is -3.15. The molecule has 0 saturated heterocycles. The monoisotopic (exact) mass is 311 g/mol. The molecule has 0 radical (unpaired) electrons. The Morgan fingerprint density at radius 1 is 1.00 bits per heavy atom. The molecule has 0 aliphatic carbocycles. The molecule has 2 aromatic rings. The number of phenols is 1. The Bertz CT molecular complexity index is 752. The van der Waals surface area contributed by atoms with E-state index in [1.165, 1.54) is 19.1 Å². The molecule has 2 amide bonds. The lowest BCUT2D eigenvalue weighted by atomic mass is 10.1. The van der Waals surface area contributed by atoms with Crippen LogP contribution >= 0.6 is 0 Å². The quantitative estimate of drug-likeness (QED) is 0.598. The van der Waals surface area contributed by atoms with Crippen LogP contribution < -0.4 is 10.7 Å². The number of phenolic OH excluding ortho intramolecular Hbond substituents is 1. The number of para-hydroxylation sites is 1. The molecule has 0 fully saturated rings. The van der Waals surface area contributed by atoms with E-state index in [2.05, 4.69) is 15.8 Å². The number of benzene rings is 2. The number of hydrogen-bond acceptors (Lipinski definition) is 4. The summed E-state index contributed by atoms with van der Waals surface area (Å²) in [6.07, 6.45) is 0. The van der Waals surface area contributed by atoms with Gasteiger partial charge in [0.2, 0.25) is 5.91 Å². The largest absolute Gasteiger partial charge is 0.507 e. The van der Waals surface area contributed by atoms with Crippen molar-refractivity contribution in [2.24, 2.45) is 5.10 Å². The number of rotatable bonds is 4. The minimum Gasteiger partial charge on any atom is -0.507 e. The minimum atomic E-state index is -0.489. The Labute approximate surface area is 133 Å². The van der Waals surface area contributed by atoms with Gasteiger partial charge in [0.15, 0.2) is 0 Å². The first-order chi connectivity index (χ1) is 11.0. The molecule has 3 N–H and O–H groups in total. The van der Waals surface area contributed by atoms with E-state index in [1.54, 1.807) is 43.3 Å². The highest BCUT2D eigenvalue weighted by molar-refractivity contribution is 6.02. The van der Waals surface area contributed by atoms with Crippen molar-refractivity contribution in [3.05, 3.63) is 59.7 Å². The molecule has 2 aromatic carbocycles. The Balaban J connectivity index is 2.06.